The summed E-state index contributed by atoms with van der Waals surface area (Å²) in [6.45, 7) is 8.51. The lowest BCUT2D eigenvalue weighted by Gasteiger charge is -2.43. The molecule has 0 saturated carbocycles. The molecule has 1 aromatic heterocycles. The van der Waals surface area contributed by atoms with Crippen molar-refractivity contribution in [1.82, 2.24) is 9.55 Å². The maximum atomic E-state index is 12.7. The molecule has 9 nitrogen and oxygen atoms in total. The maximum absolute atomic E-state index is 12.7. The third kappa shape index (κ3) is 7.07. The summed E-state index contributed by atoms with van der Waals surface area (Å²) in [6.07, 6.45) is 0.0850. The molecule has 1 fully saturated rings. The molecule has 1 N–H and O–H groups in total. The average Bonchev–Trinajstić information content (AvgIpc) is 3.33. The Morgan fingerprint density at radius 3 is 2.29 bits per heavy atom. The molecule has 0 amide bonds. The van der Waals surface area contributed by atoms with Crippen molar-refractivity contribution < 1.29 is 18.2 Å². The largest absolute Gasteiger partial charge is 0.405 e. The van der Waals surface area contributed by atoms with E-state index in [9.17, 15) is 9.59 Å². The number of H-pyrrole nitrogens is 1. The third-order valence-electron chi connectivity index (χ3n) is 7.14. The summed E-state index contributed by atoms with van der Waals surface area (Å²) in [5.41, 5.74) is -0.632. The first-order valence-electron chi connectivity index (χ1n) is 13.4. The Balaban J connectivity index is 1.68. The highest BCUT2D eigenvalue weighted by Gasteiger charge is 2.51. The Labute approximate surface area is 246 Å². The van der Waals surface area contributed by atoms with E-state index < -0.39 is 45.7 Å². The number of nitrogens with zero attached hydrogens (tertiary/aromatic N) is 2. The van der Waals surface area contributed by atoms with Gasteiger partial charge in [0.15, 0.2) is 0 Å². The van der Waals surface area contributed by atoms with Gasteiger partial charge >= 0.3 is 5.69 Å². The number of hydrogen-bond acceptors (Lipinski definition) is 7. The van der Waals surface area contributed by atoms with Crippen molar-refractivity contribution in [1.29, 1.82) is 5.26 Å². The second-order valence-electron chi connectivity index (χ2n) is 10.9. The van der Waals surface area contributed by atoms with Crippen LogP contribution >= 0.6 is 19.0 Å². The summed E-state index contributed by atoms with van der Waals surface area (Å²) < 4.78 is 26.5. The van der Waals surface area contributed by atoms with Gasteiger partial charge < -0.3 is 18.2 Å². The molecule has 4 atom stereocenters. The Kier molecular flexibility index (Phi) is 10.4. The van der Waals surface area contributed by atoms with Crippen molar-refractivity contribution in [3.05, 3.63) is 93.3 Å². The molecule has 1 unspecified atom stereocenters. The standard InChI is InChI=1S/C29H35ClN3O6PSi/c1-21-19-33(28(35)32-27(21)34)26-18-24(39-40(30)36-17-11-16-31)25(38-26)20-37-41(29(2,3)4,22-12-7-5-8-13-22)23-14-9-6-10-15-23/h5-10,12-15,19,24-26H,11,17-18,20H2,1-4H3,(H,32,34,35)/t24-,25+,26+,40?/m0/s1. The zero-order valence-corrected chi connectivity index (χ0v) is 26.2. The summed E-state index contributed by atoms with van der Waals surface area (Å²) in [5, 5.41) is 10.8. The van der Waals surface area contributed by atoms with Crippen LogP contribution in [0.25, 0.3) is 0 Å². The second kappa shape index (κ2) is 13.6. The first kappa shape index (κ1) is 31.3. The van der Waals surface area contributed by atoms with E-state index in [1.54, 1.807) is 6.92 Å². The van der Waals surface area contributed by atoms with E-state index in [4.69, 9.17) is 34.7 Å². The first-order valence-corrected chi connectivity index (χ1v) is 17.4. The molecule has 12 heteroatoms. The SMILES string of the molecule is Cc1cn([C@H]2C[C@H](OP(Cl)OCCC#N)[C@@H](CO[Si](c3ccccc3)(c3ccccc3)C(C)(C)C)O2)c(=O)[nH]c1=O. The van der Waals surface area contributed by atoms with Crippen LogP contribution in [0.3, 0.4) is 0 Å². The number of nitriles is 1. The van der Waals surface area contributed by atoms with Crippen LogP contribution in [0.5, 0.6) is 0 Å². The molecular weight excluding hydrogens is 581 g/mol. The lowest BCUT2D eigenvalue weighted by atomic mass is 10.2. The van der Waals surface area contributed by atoms with Crippen molar-refractivity contribution in [3.63, 3.8) is 0 Å². The fraction of sp³-hybridized carbons (Fsp3) is 0.414. The number of rotatable bonds is 11. The predicted molar refractivity (Wildman–Crippen MR) is 162 cm³/mol. The maximum Gasteiger partial charge on any atom is 0.330 e. The lowest BCUT2D eigenvalue weighted by Crippen LogP contribution is -2.67. The van der Waals surface area contributed by atoms with Gasteiger partial charge in [0.2, 0.25) is 0 Å². The number of benzene rings is 2. The van der Waals surface area contributed by atoms with Crippen LogP contribution in [0.15, 0.2) is 76.4 Å². The molecule has 0 bridgehead atoms. The molecule has 41 heavy (non-hydrogen) atoms. The Hall–Kier alpha value is -2.61. The number of ether oxygens (including phenoxy) is 1. The molecule has 3 aromatic rings. The van der Waals surface area contributed by atoms with Gasteiger partial charge in [-0.1, -0.05) is 81.4 Å². The van der Waals surface area contributed by atoms with Crippen LogP contribution in [0.2, 0.25) is 5.04 Å². The van der Waals surface area contributed by atoms with Crippen molar-refractivity contribution in [3.8, 4) is 6.07 Å². The normalized spacial score (nSPS) is 20.0. The van der Waals surface area contributed by atoms with Gasteiger partial charge in [-0.2, -0.15) is 5.26 Å². The van der Waals surface area contributed by atoms with Crippen LogP contribution in [0.4, 0.5) is 0 Å². The lowest BCUT2D eigenvalue weighted by molar-refractivity contribution is -0.0387. The Morgan fingerprint density at radius 1 is 1.12 bits per heavy atom. The van der Waals surface area contributed by atoms with Gasteiger partial charge in [-0.05, 0) is 33.6 Å². The molecule has 0 aliphatic carbocycles. The summed E-state index contributed by atoms with van der Waals surface area (Å²) in [4.78, 5) is 27.0. The predicted octanol–water partition coefficient (Wildman–Crippen LogP) is 4.49. The van der Waals surface area contributed by atoms with Crippen LogP contribution in [-0.2, 0) is 18.2 Å². The van der Waals surface area contributed by atoms with Gasteiger partial charge in [0, 0.05) is 18.2 Å². The number of halogens is 1. The molecule has 0 radical (unpaired) electrons. The highest BCUT2D eigenvalue weighted by Crippen LogP contribution is 2.48. The van der Waals surface area contributed by atoms with Gasteiger partial charge in [-0.3, -0.25) is 14.3 Å². The average molecular weight is 616 g/mol. The number of nitrogens with one attached hydrogen (secondary N) is 1. The van der Waals surface area contributed by atoms with Gasteiger partial charge in [0.25, 0.3) is 21.6 Å². The zero-order valence-electron chi connectivity index (χ0n) is 23.6. The fourth-order valence-electron chi connectivity index (χ4n) is 5.20. The molecule has 218 valence electrons. The number of aromatic amines is 1. The summed E-state index contributed by atoms with van der Waals surface area (Å²) >= 11 is 6.39. The van der Waals surface area contributed by atoms with E-state index in [0.29, 0.717) is 5.56 Å². The summed E-state index contributed by atoms with van der Waals surface area (Å²) in [6, 6.07) is 22.5. The molecule has 0 spiro atoms. The highest BCUT2D eigenvalue weighted by molar-refractivity contribution is 7.76. The van der Waals surface area contributed by atoms with Gasteiger partial charge in [-0.25, -0.2) is 4.79 Å². The minimum absolute atomic E-state index is 0.143. The molecule has 1 aliphatic heterocycles. The van der Waals surface area contributed by atoms with Crippen LogP contribution in [-0.4, -0.2) is 43.3 Å². The Morgan fingerprint density at radius 2 is 1.73 bits per heavy atom. The van der Waals surface area contributed by atoms with Crippen molar-refractivity contribution in [2.45, 2.75) is 64.0 Å². The van der Waals surface area contributed by atoms with E-state index in [2.05, 4.69) is 50.0 Å². The minimum atomic E-state index is -2.89. The van der Waals surface area contributed by atoms with Crippen molar-refractivity contribution in [2.24, 2.45) is 0 Å². The first-order chi connectivity index (χ1) is 19.6. The second-order valence-corrected chi connectivity index (χ2v) is 16.9. The van der Waals surface area contributed by atoms with Gasteiger partial charge in [0.05, 0.1) is 31.8 Å². The number of aromatic nitrogens is 2. The number of hydrogen-bond donors (Lipinski definition) is 1. The minimum Gasteiger partial charge on any atom is -0.405 e. The van der Waals surface area contributed by atoms with Crippen LogP contribution in [0, 0.1) is 18.3 Å². The fourth-order valence-corrected chi connectivity index (χ4v) is 11.0. The highest BCUT2D eigenvalue weighted by atomic mass is 35.7. The summed E-state index contributed by atoms with van der Waals surface area (Å²) in [7, 11) is -4.72. The third-order valence-corrected chi connectivity index (χ3v) is 13.5. The molecular formula is C29H35ClN3O6PSi. The topological polar surface area (TPSA) is 116 Å². The van der Waals surface area contributed by atoms with E-state index in [1.807, 2.05) is 42.5 Å². The van der Waals surface area contributed by atoms with Gasteiger partial charge in [-0.15, -0.1) is 0 Å². The van der Waals surface area contributed by atoms with E-state index in [1.165, 1.54) is 10.8 Å². The zero-order chi connectivity index (χ0) is 29.6. The monoisotopic (exact) mass is 615 g/mol. The molecule has 1 saturated heterocycles. The molecule has 2 heterocycles. The quantitative estimate of drug-likeness (QED) is 0.192. The van der Waals surface area contributed by atoms with Crippen LogP contribution in [0.1, 0.15) is 45.4 Å². The molecule has 1 aliphatic rings. The van der Waals surface area contributed by atoms with Gasteiger partial charge in [0.1, 0.15) is 12.3 Å². The van der Waals surface area contributed by atoms with Crippen molar-refractivity contribution in [2.75, 3.05) is 13.2 Å². The van der Waals surface area contributed by atoms with Crippen LogP contribution < -0.4 is 21.6 Å². The number of aryl methyl sites for hydroxylation is 1. The van der Waals surface area contributed by atoms with E-state index >= 15 is 0 Å². The molecule has 2 aromatic carbocycles. The van der Waals surface area contributed by atoms with Crippen molar-refractivity contribution >= 4 is 37.7 Å². The summed E-state index contributed by atoms with van der Waals surface area (Å²) in [5.74, 6) is 0. The Bertz CT molecular complexity index is 1420. The smallest absolute Gasteiger partial charge is 0.330 e. The molecule has 4 rings (SSSR count). The van der Waals surface area contributed by atoms with E-state index in [-0.39, 0.29) is 31.1 Å². The van der Waals surface area contributed by atoms with E-state index in [0.717, 1.165) is 10.4 Å².